The molecule has 0 bridgehead atoms. The third-order valence-corrected chi connectivity index (χ3v) is 3.01. The molecule has 1 rings (SSSR count). The number of benzene rings is 1. The number of rotatable bonds is 6. The van der Waals surface area contributed by atoms with E-state index in [9.17, 15) is 0 Å². The van der Waals surface area contributed by atoms with Crippen molar-refractivity contribution in [3.05, 3.63) is 33.8 Å². The van der Waals surface area contributed by atoms with E-state index in [0.717, 1.165) is 18.5 Å². The minimum atomic E-state index is 0.250. The van der Waals surface area contributed by atoms with Crippen molar-refractivity contribution in [2.75, 3.05) is 20.3 Å². The van der Waals surface area contributed by atoms with E-state index in [4.69, 9.17) is 27.9 Å². The Labute approximate surface area is 107 Å². The van der Waals surface area contributed by atoms with E-state index in [1.165, 1.54) is 0 Å². The number of ether oxygens (including phenoxy) is 1. The van der Waals surface area contributed by atoms with Crippen LogP contribution >= 0.6 is 23.2 Å². The molecule has 0 aliphatic carbocycles. The van der Waals surface area contributed by atoms with E-state index in [-0.39, 0.29) is 6.04 Å². The molecule has 0 saturated carbocycles. The Morgan fingerprint density at radius 3 is 2.69 bits per heavy atom. The molecule has 4 heteroatoms. The van der Waals surface area contributed by atoms with Gasteiger partial charge in [0.15, 0.2) is 0 Å². The summed E-state index contributed by atoms with van der Waals surface area (Å²) in [6.45, 7) is 3.63. The lowest BCUT2D eigenvalue weighted by Gasteiger charge is -2.18. The number of hydrogen-bond acceptors (Lipinski definition) is 2. The largest absolute Gasteiger partial charge is 0.383 e. The molecular weight excluding hydrogens is 245 g/mol. The molecule has 0 radical (unpaired) electrons. The van der Waals surface area contributed by atoms with Gasteiger partial charge in [0.05, 0.1) is 6.61 Å². The van der Waals surface area contributed by atoms with Gasteiger partial charge in [-0.05, 0) is 24.1 Å². The maximum absolute atomic E-state index is 6.16. The van der Waals surface area contributed by atoms with Gasteiger partial charge in [0, 0.05) is 29.7 Å². The zero-order valence-electron chi connectivity index (χ0n) is 9.59. The molecule has 0 aliphatic heterocycles. The van der Waals surface area contributed by atoms with E-state index in [1.807, 2.05) is 12.1 Å². The summed E-state index contributed by atoms with van der Waals surface area (Å²) in [4.78, 5) is 0. The molecule has 1 aromatic rings. The Hall–Kier alpha value is -0.280. The Morgan fingerprint density at radius 2 is 2.12 bits per heavy atom. The standard InChI is InChI=1S/C12H17Cl2NO/c1-3-12(15-6-7-16-2)10-5-4-9(13)8-11(10)14/h4-5,8,12,15H,3,6-7H2,1-2H3. The molecule has 0 aliphatic rings. The highest BCUT2D eigenvalue weighted by atomic mass is 35.5. The van der Waals surface area contributed by atoms with E-state index in [2.05, 4.69) is 12.2 Å². The first-order valence-corrected chi connectivity index (χ1v) is 6.12. The van der Waals surface area contributed by atoms with Gasteiger partial charge in [-0.3, -0.25) is 0 Å². The van der Waals surface area contributed by atoms with Gasteiger partial charge in [-0.1, -0.05) is 36.2 Å². The average molecular weight is 262 g/mol. The summed E-state index contributed by atoms with van der Waals surface area (Å²) in [6.07, 6.45) is 0.977. The maximum atomic E-state index is 6.16. The first kappa shape index (κ1) is 13.8. The van der Waals surface area contributed by atoms with E-state index < -0.39 is 0 Å². The number of hydrogen-bond donors (Lipinski definition) is 1. The molecule has 0 aromatic heterocycles. The van der Waals surface area contributed by atoms with Crippen LogP contribution in [-0.2, 0) is 4.74 Å². The van der Waals surface area contributed by atoms with Crippen molar-refractivity contribution in [2.45, 2.75) is 19.4 Å². The van der Waals surface area contributed by atoms with Crippen molar-refractivity contribution in [3.8, 4) is 0 Å². The summed E-state index contributed by atoms with van der Waals surface area (Å²) in [5.74, 6) is 0. The monoisotopic (exact) mass is 261 g/mol. The van der Waals surface area contributed by atoms with Crippen LogP contribution in [0.15, 0.2) is 18.2 Å². The van der Waals surface area contributed by atoms with Crippen molar-refractivity contribution in [2.24, 2.45) is 0 Å². The van der Waals surface area contributed by atoms with Crippen LogP contribution in [0.2, 0.25) is 10.0 Å². The number of nitrogens with one attached hydrogen (secondary N) is 1. The summed E-state index contributed by atoms with van der Waals surface area (Å²) < 4.78 is 5.01. The quantitative estimate of drug-likeness (QED) is 0.789. The molecular formula is C12H17Cl2NO. The van der Waals surface area contributed by atoms with E-state index in [0.29, 0.717) is 16.7 Å². The Balaban J connectivity index is 2.70. The lowest BCUT2D eigenvalue weighted by Crippen LogP contribution is -2.24. The molecule has 0 saturated heterocycles. The van der Waals surface area contributed by atoms with Crippen LogP contribution in [0.3, 0.4) is 0 Å². The van der Waals surface area contributed by atoms with Crippen LogP contribution in [-0.4, -0.2) is 20.3 Å². The molecule has 1 unspecified atom stereocenters. The Kier molecular flexibility index (Phi) is 6.14. The SMILES string of the molecule is CCC(NCCOC)c1ccc(Cl)cc1Cl. The zero-order chi connectivity index (χ0) is 12.0. The maximum Gasteiger partial charge on any atom is 0.0587 e. The van der Waals surface area contributed by atoms with Crippen LogP contribution in [0.25, 0.3) is 0 Å². The van der Waals surface area contributed by atoms with Gasteiger partial charge in [-0.25, -0.2) is 0 Å². The second-order valence-electron chi connectivity index (χ2n) is 3.57. The molecule has 16 heavy (non-hydrogen) atoms. The highest BCUT2D eigenvalue weighted by molar-refractivity contribution is 6.35. The second-order valence-corrected chi connectivity index (χ2v) is 4.42. The predicted octanol–water partition coefficient (Wildman–Crippen LogP) is 3.68. The third kappa shape index (κ3) is 3.95. The van der Waals surface area contributed by atoms with Crippen LogP contribution < -0.4 is 5.32 Å². The Bertz CT molecular complexity index is 331. The van der Waals surface area contributed by atoms with Gasteiger partial charge in [0.25, 0.3) is 0 Å². The molecule has 1 atom stereocenters. The van der Waals surface area contributed by atoms with Gasteiger partial charge in [-0.15, -0.1) is 0 Å². The fourth-order valence-corrected chi connectivity index (χ4v) is 2.13. The van der Waals surface area contributed by atoms with Gasteiger partial charge in [0.1, 0.15) is 0 Å². The second kappa shape index (κ2) is 7.13. The molecule has 2 nitrogen and oxygen atoms in total. The van der Waals surface area contributed by atoms with E-state index in [1.54, 1.807) is 13.2 Å². The lowest BCUT2D eigenvalue weighted by molar-refractivity contribution is 0.195. The average Bonchev–Trinajstić information content (AvgIpc) is 2.26. The zero-order valence-corrected chi connectivity index (χ0v) is 11.1. The van der Waals surface area contributed by atoms with Gasteiger partial charge in [0.2, 0.25) is 0 Å². The highest BCUT2D eigenvalue weighted by Gasteiger charge is 2.12. The molecule has 0 spiro atoms. The summed E-state index contributed by atoms with van der Waals surface area (Å²) >= 11 is 12.0. The third-order valence-electron chi connectivity index (χ3n) is 2.44. The highest BCUT2D eigenvalue weighted by Crippen LogP contribution is 2.27. The molecule has 1 N–H and O–H groups in total. The van der Waals surface area contributed by atoms with Gasteiger partial charge >= 0.3 is 0 Å². The van der Waals surface area contributed by atoms with Crippen LogP contribution in [0.1, 0.15) is 24.9 Å². The summed E-state index contributed by atoms with van der Waals surface area (Å²) in [5, 5.41) is 4.77. The van der Waals surface area contributed by atoms with Crippen molar-refractivity contribution in [3.63, 3.8) is 0 Å². The Morgan fingerprint density at radius 1 is 1.38 bits per heavy atom. The number of halogens is 2. The first-order chi connectivity index (χ1) is 7.69. The normalized spacial score (nSPS) is 12.8. The topological polar surface area (TPSA) is 21.3 Å². The molecule has 0 amide bonds. The predicted molar refractivity (Wildman–Crippen MR) is 69.4 cm³/mol. The van der Waals surface area contributed by atoms with Crippen LogP contribution in [0, 0.1) is 0 Å². The van der Waals surface area contributed by atoms with Crippen molar-refractivity contribution < 1.29 is 4.74 Å². The van der Waals surface area contributed by atoms with Crippen molar-refractivity contribution in [1.29, 1.82) is 0 Å². The van der Waals surface area contributed by atoms with Crippen LogP contribution in [0.4, 0.5) is 0 Å². The summed E-state index contributed by atoms with van der Waals surface area (Å²) in [5.41, 5.74) is 1.09. The summed E-state index contributed by atoms with van der Waals surface area (Å²) in [7, 11) is 1.69. The fraction of sp³-hybridized carbons (Fsp3) is 0.500. The summed E-state index contributed by atoms with van der Waals surface area (Å²) in [6, 6.07) is 5.86. The lowest BCUT2D eigenvalue weighted by atomic mass is 10.0. The van der Waals surface area contributed by atoms with Gasteiger partial charge < -0.3 is 10.1 Å². The van der Waals surface area contributed by atoms with Gasteiger partial charge in [-0.2, -0.15) is 0 Å². The van der Waals surface area contributed by atoms with E-state index >= 15 is 0 Å². The van der Waals surface area contributed by atoms with Crippen molar-refractivity contribution in [1.82, 2.24) is 5.32 Å². The first-order valence-electron chi connectivity index (χ1n) is 5.36. The molecule has 0 heterocycles. The fourth-order valence-electron chi connectivity index (χ4n) is 1.59. The minimum absolute atomic E-state index is 0.250. The number of methoxy groups -OCH3 is 1. The van der Waals surface area contributed by atoms with Crippen molar-refractivity contribution >= 4 is 23.2 Å². The van der Waals surface area contributed by atoms with Crippen LogP contribution in [0.5, 0.6) is 0 Å². The molecule has 90 valence electrons. The molecule has 0 fully saturated rings. The molecule has 1 aromatic carbocycles. The smallest absolute Gasteiger partial charge is 0.0587 e. The minimum Gasteiger partial charge on any atom is -0.383 e.